The Balaban J connectivity index is 2.29. The third-order valence-corrected chi connectivity index (χ3v) is 3.22. The minimum atomic E-state index is 0.246. The Bertz CT molecular complexity index is 600. The van der Waals surface area contributed by atoms with E-state index in [1.54, 1.807) is 24.3 Å². The van der Waals surface area contributed by atoms with Crippen LogP contribution in [-0.2, 0) is 0 Å². The molecular weight excluding hydrogens is 283 g/mol. The van der Waals surface area contributed by atoms with E-state index in [1.165, 1.54) is 0 Å². The number of aryl methyl sites for hydroxylation is 1. The first kappa shape index (κ1) is 14.1. The van der Waals surface area contributed by atoms with Gasteiger partial charge in [-0.25, -0.2) is 4.98 Å². The summed E-state index contributed by atoms with van der Waals surface area (Å²) in [6.07, 6.45) is 0. The molecule has 100 valence electrons. The molecule has 2 aromatic rings. The molecule has 19 heavy (non-hydrogen) atoms. The number of nitrogens with zero attached hydrogens (tertiary/aromatic N) is 2. The minimum Gasteiger partial charge on any atom is -0.439 e. The first-order valence-electron chi connectivity index (χ1n) is 5.94. The van der Waals surface area contributed by atoms with Crippen LogP contribution in [0.5, 0.6) is 11.6 Å². The smallest absolute Gasteiger partial charge is 0.222 e. The van der Waals surface area contributed by atoms with Crippen LogP contribution in [0.4, 0.5) is 0 Å². The maximum absolute atomic E-state index is 5.95. The monoisotopic (exact) mass is 296 g/mol. The number of rotatable bonds is 3. The Morgan fingerprint density at radius 2 is 1.79 bits per heavy atom. The van der Waals surface area contributed by atoms with E-state index in [1.807, 2.05) is 20.8 Å². The summed E-state index contributed by atoms with van der Waals surface area (Å²) in [4.78, 5) is 8.74. The first-order valence-corrected chi connectivity index (χ1v) is 6.70. The van der Waals surface area contributed by atoms with Crippen molar-refractivity contribution in [1.29, 1.82) is 0 Å². The Kier molecular flexibility index (Phi) is 4.27. The second-order valence-corrected chi connectivity index (χ2v) is 5.35. The first-order chi connectivity index (χ1) is 8.95. The third-order valence-electron chi connectivity index (χ3n) is 2.48. The molecule has 5 heteroatoms. The zero-order valence-corrected chi connectivity index (χ0v) is 12.5. The van der Waals surface area contributed by atoms with Crippen molar-refractivity contribution in [2.24, 2.45) is 0 Å². The predicted molar refractivity (Wildman–Crippen MR) is 77.4 cm³/mol. The van der Waals surface area contributed by atoms with Gasteiger partial charge in [0.1, 0.15) is 11.6 Å². The van der Waals surface area contributed by atoms with Crippen molar-refractivity contribution < 1.29 is 4.74 Å². The number of aromatic nitrogens is 2. The molecule has 0 fully saturated rings. The zero-order chi connectivity index (χ0) is 14.0. The van der Waals surface area contributed by atoms with Gasteiger partial charge >= 0.3 is 0 Å². The Morgan fingerprint density at radius 1 is 1.05 bits per heavy atom. The highest BCUT2D eigenvalue weighted by atomic mass is 35.5. The summed E-state index contributed by atoms with van der Waals surface area (Å²) >= 11 is 11.8. The molecule has 1 aromatic carbocycles. The topological polar surface area (TPSA) is 35.0 Å². The SMILES string of the molecule is Cc1cc(Oc2ccc(Cl)c(Cl)c2)nc(C(C)C)n1. The Labute approximate surface area is 122 Å². The zero-order valence-electron chi connectivity index (χ0n) is 10.9. The summed E-state index contributed by atoms with van der Waals surface area (Å²) in [6, 6.07) is 6.89. The molecule has 0 spiro atoms. The number of halogens is 2. The molecule has 0 aliphatic heterocycles. The van der Waals surface area contributed by atoms with E-state index in [2.05, 4.69) is 9.97 Å². The predicted octanol–water partition coefficient (Wildman–Crippen LogP) is 5.01. The van der Waals surface area contributed by atoms with Gasteiger partial charge in [0.05, 0.1) is 10.0 Å². The largest absolute Gasteiger partial charge is 0.439 e. The molecule has 0 aliphatic carbocycles. The van der Waals surface area contributed by atoms with Crippen LogP contribution in [0, 0.1) is 6.92 Å². The van der Waals surface area contributed by atoms with Gasteiger partial charge < -0.3 is 4.74 Å². The van der Waals surface area contributed by atoms with E-state index in [-0.39, 0.29) is 5.92 Å². The number of hydrogen-bond acceptors (Lipinski definition) is 3. The maximum atomic E-state index is 5.95. The second kappa shape index (κ2) is 5.76. The standard InChI is InChI=1S/C14H14Cl2N2O/c1-8(2)14-17-9(3)6-13(18-14)19-10-4-5-11(15)12(16)7-10/h4-8H,1-3H3. The van der Waals surface area contributed by atoms with Gasteiger partial charge in [-0.3, -0.25) is 0 Å². The lowest BCUT2D eigenvalue weighted by atomic mass is 10.2. The van der Waals surface area contributed by atoms with E-state index >= 15 is 0 Å². The molecule has 0 atom stereocenters. The van der Waals surface area contributed by atoms with E-state index in [0.29, 0.717) is 21.7 Å². The number of ether oxygens (including phenoxy) is 1. The summed E-state index contributed by atoms with van der Waals surface area (Å²) < 4.78 is 5.69. The summed E-state index contributed by atoms with van der Waals surface area (Å²) in [5.41, 5.74) is 0.869. The van der Waals surface area contributed by atoms with Gasteiger partial charge in [0.25, 0.3) is 0 Å². The maximum Gasteiger partial charge on any atom is 0.222 e. The number of hydrogen-bond donors (Lipinski definition) is 0. The molecule has 0 saturated carbocycles. The lowest BCUT2D eigenvalue weighted by Gasteiger charge is -2.10. The normalized spacial score (nSPS) is 10.8. The van der Waals surface area contributed by atoms with Gasteiger partial charge in [-0.2, -0.15) is 4.98 Å². The van der Waals surface area contributed by atoms with Crippen LogP contribution >= 0.6 is 23.2 Å². The van der Waals surface area contributed by atoms with Crippen LogP contribution in [0.25, 0.3) is 0 Å². The van der Waals surface area contributed by atoms with Crippen LogP contribution < -0.4 is 4.74 Å². The molecule has 0 saturated heterocycles. The molecule has 0 amide bonds. The van der Waals surface area contributed by atoms with E-state index in [4.69, 9.17) is 27.9 Å². The summed E-state index contributed by atoms with van der Waals surface area (Å²) in [5.74, 6) is 2.11. The summed E-state index contributed by atoms with van der Waals surface area (Å²) in [6.45, 7) is 5.99. The van der Waals surface area contributed by atoms with Crippen molar-refractivity contribution in [3.8, 4) is 11.6 Å². The molecule has 0 unspecified atom stereocenters. The fourth-order valence-corrected chi connectivity index (χ4v) is 1.82. The molecule has 0 N–H and O–H groups in total. The summed E-state index contributed by atoms with van der Waals surface area (Å²) in [5, 5.41) is 0.949. The van der Waals surface area contributed by atoms with E-state index in [9.17, 15) is 0 Å². The Hall–Kier alpha value is -1.32. The molecule has 3 nitrogen and oxygen atoms in total. The van der Waals surface area contributed by atoms with Crippen LogP contribution in [0.15, 0.2) is 24.3 Å². The fourth-order valence-electron chi connectivity index (χ4n) is 1.53. The van der Waals surface area contributed by atoms with Crippen molar-refractivity contribution in [3.05, 3.63) is 45.8 Å². The fraction of sp³-hybridized carbons (Fsp3) is 0.286. The average molecular weight is 297 g/mol. The highest BCUT2D eigenvalue weighted by Crippen LogP contribution is 2.29. The minimum absolute atomic E-state index is 0.246. The molecular formula is C14H14Cl2N2O. The van der Waals surface area contributed by atoms with Crippen LogP contribution in [0.3, 0.4) is 0 Å². The van der Waals surface area contributed by atoms with Gasteiger partial charge in [0, 0.05) is 23.7 Å². The molecule has 0 aliphatic rings. The van der Waals surface area contributed by atoms with Crippen molar-refractivity contribution in [2.45, 2.75) is 26.7 Å². The quantitative estimate of drug-likeness (QED) is 0.799. The Morgan fingerprint density at radius 3 is 2.42 bits per heavy atom. The van der Waals surface area contributed by atoms with Crippen LogP contribution in [-0.4, -0.2) is 9.97 Å². The van der Waals surface area contributed by atoms with E-state index < -0.39 is 0 Å². The second-order valence-electron chi connectivity index (χ2n) is 4.54. The highest BCUT2D eigenvalue weighted by Gasteiger charge is 2.08. The summed E-state index contributed by atoms with van der Waals surface area (Å²) in [7, 11) is 0. The van der Waals surface area contributed by atoms with Crippen molar-refractivity contribution in [2.75, 3.05) is 0 Å². The molecule has 0 radical (unpaired) electrons. The van der Waals surface area contributed by atoms with Gasteiger partial charge in [-0.05, 0) is 19.1 Å². The molecule has 2 rings (SSSR count). The lowest BCUT2D eigenvalue weighted by Crippen LogP contribution is -2.01. The van der Waals surface area contributed by atoms with Crippen molar-refractivity contribution in [3.63, 3.8) is 0 Å². The molecule has 1 heterocycles. The molecule has 0 bridgehead atoms. The number of benzene rings is 1. The van der Waals surface area contributed by atoms with Crippen molar-refractivity contribution in [1.82, 2.24) is 9.97 Å². The average Bonchev–Trinajstić information content (AvgIpc) is 2.33. The third kappa shape index (κ3) is 3.58. The van der Waals surface area contributed by atoms with Gasteiger partial charge in [0.2, 0.25) is 5.88 Å². The molecule has 1 aromatic heterocycles. The van der Waals surface area contributed by atoms with Gasteiger partial charge in [-0.15, -0.1) is 0 Å². The lowest BCUT2D eigenvalue weighted by molar-refractivity contribution is 0.456. The van der Waals surface area contributed by atoms with Gasteiger partial charge in [-0.1, -0.05) is 37.0 Å². The van der Waals surface area contributed by atoms with Crippen molar-refractivity contribution >= 4 is 23.2 Å². The van der Waals surface area contributed by atoms with Crippen LogP contribution in [0.2, 0.25) is 10.0 Å². The van der Waals surface area contributed by atoms with E-state index in [0.717, 1.165) is 11.5 Å². The highest BCUT2D eigenvalue weighted by molar-refractivity contribution is 6.42. The van der Waals surface area contributed by atoms with Crippen LogP contribution in [0.1, 0.15) is 31.3 Å². The van der Waals surface area contributed by atoms with Gasteiger partial charge in [0.15, 0.2) is 0 Å².